The highest BCUT2D eigenvalue weighted by Crippen LogP contribution is 2.13. The third-order valence-electron chi connectivity index (χ3n) is 3.15. The van der Waals surface area contributed by atoms with Gasteiger partial charge in [-0.3, -0.25) is 5.26 Å². The molecule has 118 valence electrons. The van der Waals surface area contributed by atoms with Gasteiger partial charge in [0.15, 0.2) is 0 Å². The molecule has 0 bridgehead atoms. The molecule has 1 aromatic rings. The molecule has 21 heavy (non-hydrogen) atoms. The van der Waals surface area contributed by atoms with Crippen LogP contribution in [0.3, 0.4) is 0 Å². The molecule has 0 radical (unpaired) electrons. The van der Waals surface area contributed by atoms with Crippen molar-refractivity contribution in [3.05, 3.63) is 29.8 Å². The Morgan fingerprint density at radius 3 is 2.43 bits per heavy atom. The Morgan fingerprint density at radius 1 is 1.10 bits per heavy atom. The fourth-order valence-corrected chi connectivity index (χ4v) is 1.96. The predicted molar refractivity (Wildman–Crippen MR) is 84.5 cm³/mol. The first kappa shape index (κ1) is 17.5. The smallest absolute Gasteiger partial charge is 0.287 e. The number of benzene rings is 1. The number of unbranched alkanes of at least 4 members (excludes halogenated alkanes) is 5. The fourth-order valence-electron chi connectivity index (χ4n) is 1.96. The van der Waals surface area contributed by atoms with Crippen LogP contribution in [0.4, 0.5) is 5.69 Å². The first-order chi connectivity index (χ1) is 10.3. The highest BCUT2D eigenvalue weighted by Gasteiger charge is 1.97. The van der Waals surface area contributed by atoms with Gasteiger partial charge in [-0.15, -0.1) is 0 Å². The van der Waals surface area contributed by atoms with E-state index in [0.29, 0.717) is 6.61 Å². The van der Waals surface area contributed by atoms with Crippen molar-refractivity contribution in [1.29, 1.82) is 0 Å². The Morgan fingerprint density at radius 2 is 1.76 bits per heavy atom. The van der Waals surface area contributed by atoms with Crippen LogP contribution in [0.25, 0.3) is 0 Å². The van der Waals surface area contributed by atoms with Crippen LogP contribution in [0.5, 0.6) is 0 Å². The molecular weight excluding hydrogens is 268 g/mol. The van der Waals surface area contributed by atoms with Crippen molar-refractivity contribution in [2.45, 2.75) is 52.1 Å². The summed E-state index contributed by atoms with van der Waals surface area (Å²) in [4.78, 5) is 8.24. The Hall–Kier alpha value is -1.59. The van der Waals surface area contributed by atoms with Crippen LogP contribution in [-0.4, -0.2) is 17.9 Å². The first-order valence-corrected chi connectivity index (χ1v) is 7.58. The normalized spacial score (nSPS) is 11.6. The molecule has 5 nitrogen and oxygen atoms in total. The molecule has 0 unspecified atom stereocenters. The highest BCUT2D eigenvalue weighted by atomic mass is 17.1. The zero-order valence-corrected chi connectivity index (χ0v) is 12.8. The van der Waals surface area contributed by atoms with Crippen LogP contribution < -0.4 is 5.73 Å². The number of nitrogens with zero attached hydrogens (tertiary/aromatic N) is 1. The van der Waals surface area contributed by atoms with Gasteiger partial charge in [-0.1, -0.05) is 51.2 Å². The van der Waals surface area contributed by atoms with Gasteiger partial charge in [0.05, 0.1) is 12.3 Å². The molecule has 1 rings (SSSR count). The molecule has 1 aromatic carbocycles. The summed E-state index contributed by atoms with van der Waals surface area (Å²) in [6, 6.07) is 7.42. The van der Waals surface area contributed by atoms with E-state index in [9.17, 15) is 0 Å². The molecule has 0 heterocycles. The first-order valence-electron chi connectivity index (χ1n) is 7.58. The van der Waals surface area contributed by atoms with Gasteiger partial charge < -0.3 is 10.5 Å². The Balaban J connectivity index is 2.22. The summed E-state index contributed by atoms with van der Waals surface area (Å²) in [5.74, 6) is 0. The van der Waals surface area contributed by atoms with Gasteiger partial charge in [0.2, 0.25) is 0 Å². The minimum Gasteiger partial charge on any atom is -0.465 e. The summed E-state index contributed by atoms with van der Waals surface area (Å²) in [5, 5.41) is 8.36. The second-order valence-electron chi connectivity index (χ2n) is 5.01. The van der Waals surface area contributed by atoms with E-state index in [1.165, 1.54) is 32.1 Å². The molecule has 0 saturated heterocycles. The average molecular weight is 294 g/mol. The lowest BCUT2D eigenvalue weighted by molar-refractivity contribution is -0.253. The maximum Gasteiger partial charge on any atom is 0.287 e. The van der Waals surface area contributed by atoms with Crippen molar-refractivity contribution in [2.75, 3.05) is 6.61 Å². The monoisotopic (exact) mass is 294 g/mol. The fraction of sp³-hybridized carbons (Fsp3) is 0.562. The minimum absolute atomic E-state index is 0.161. The van der Waals surface area contributed by atoms with Gasteiger partial charge in [-0.2, -0.15) is 4.99 Å². The number of hydrogen-bond acceptors (Lipinski definition) is 4. The van der Waals surface area contributed by atoms with Gasteiger partial charge in [0.1, 0.15) is 6.61 Å². The van der Waals surface area contributed by atoms with Gasteiger partial charge in [-0.25, -0.2) is 4.89 Å². The Kier molecular flexibility index (Phi) is 9.24. The highest BCUT2D eigenvalue weighted by molar-refractivity contribution is 5.75. The molecule has 0 spiro atoms. The second-order valence-corrected chi connectivity index (χ2v) is 5.01. The van der Waals surface area contributed by atoms with Crippen molar-refractivity contribution < 1.29 is 14.9 Å². The number of hydrogen-bond donors (Lipinski definition) is 2. The van der Waals surface area contributed by atoms with E-state index >= 15 is 0 Å². The molecule has 0 fully saturated rings. The van der Waals surface area contributed by atoms with Crippen LogP contribution in [0.1, 0.15) is 51.0 Å². The van der Waals surface area contributed by atoms with Gasteiger partial charge >= 0.3 is 0 Å². The molecular formula is C16H26N2O3. The molecule has 3 N–H and O–H groups in total. The summed E-state index contributed by atoms with van der Waals surface area (Å²) in [5.41, 5.74) is 7.31. The molecule has 0 amide bonds. The van der Waals surface area contributed by atoms with E-state index in [1.54, 1.807) is 12.1 Å². The maximum absolute atomic E-state index is 8.36. The SMILES string of the molecule is CCCCCCCCOC(N)=Nc1ccc(COO)cc1. The van der Waals surface area contributed by atoms with E-state index in [1.807, 2.05) is 12.1 Å². The third-order valence-corrected chi connectivity index (χ3v) is 3.15. The zero-order valence-electron chi connectivity index (χ0n) is 12.8. The Bertz CT molecular complexity index is 404. The van der Waals surface area contributed by atoms with E-state index in [4.69, 9.17) is 15.7 Å². The summed E-state index contributed by atoms with van der Waals surface area (Å²) < 4.78 is 5.39. The lowest BCUT2D eigenvalue weighted by atomic mass is 10.1. The molecule has 0 aliphatic heterocycles. The molecule has 0 saturated carbocycles. The molecule has 0 aromatic heterocycles. The maximum atomic E-state index is 8.36. The van der Waals surface area contributed by atoms with Crippen LogP contribution >= 0.6 is 0 Å². The van der Waals surface area contributed by atoms with Gasteiger partial charge in [0, 0.05) is 0 Å². The molecule has 0 aliphatic rings. The summed E-state index contributed by atoms with van der Waals surface area (Å²) >= 11 is 0. The minimum atomic E-state index is 0.161. The zero-order chi connectivity index (χ0) is 15.3. The van der Waals surface area contributed by atoms with Crippen molar-refractivity contribution in [1.82, 2.24) is 0 Å². The number of amidine groups is 1. The van der Waals surface area contributed by atoms with Crippen LogP contribution in [0.15, 0.2) is 29.3 Å². The van der Waals surface area contributed by atoms with Crippen molar-refractivity contribution >= 4 is 11.7 Å². The second kappa shape index (κ2) is 11.1. The number of nitrogens with two attached hydrogens (primary N) is 1. The van der Waals surface area contributed by atoms with E-state index in [0.717, 1.165) is 17.7 Å². The lowest BCUT2D eigenvalue weighted by Crippen LogP contribution is -2.16. The van der Waals surface area contributed by atoms with Crippen LogP contribution in [0.2, 0.25) is 0 Å². The van der Waals surface area contributed by atoms with Gasteiger partial charge in [-0.05, 0) is 24.1 Å². The molecule has 0 aliphatic carbocycles. The predicted octanol–water partition coefficient (Wildman–Crippen LogP) is 4.00. The van der Waals surface area contributed by atoms with Crippen molar-refractivity contribution in [3.8, 4) is 0 Å². The quantitative estimate of drug-likeness (QED) is 0.225. The largest absolute Gasteiger partial charge is 0.465 e. The van der Waals surface area contributed by atoms with Crippen LogP contribution in [-0.2, 0) is 16.2 Å². The number of rotatable bonds is 10. The van der Waals surface area contributed by atoms with Crippen molar-refractivity contribution in [3.63, 3.8) is 0 Å². The summed E-state index contributed by atoms with van der Waals surface area (Å²) in [7, 11) is 0. The molecule has 5 heteroatoms. The summed E-state index contributed by atoms with van der Waals surface area (Å²) in [6.45, 7) is 2.98. The average Bonchev–Trinajstić information content (AvgIpc) is 2.49. The topological polar surface area (TPSA) is 77.1 Å². The lowest BCUT2D eigenvalue weighted by Gasteiger charge is -2.05. The standard InChI is InChI=1S/C16H26N2O3/c1-2-3-4-5-6-7-12-20-16(17)18-15-10-8-14(9-11-15)13-21-19/h8-11,19H,2-7,12-13H2,1H3,(H2,17,18). The number of ether oxygens (including phenoxy) is 1. The van der Waals surface area contributed by atoms with Crippen molar-refractivity contribution in [2.24, 2.45) is 10.7 Å². The van der Waals surface area contributed by atoms with E-state index in [2.05, 4.69) is 16.8 Å². The molecule has 0 atom stereocenters. The van der Waals surface area contributed by atoms with Gasteiger partial charge in [0.25, 0.3) is 6.02 Å². The summed E-state index contributed by atoms with van der Waals surface area (Å²) in [6.07, 6.45) is 7.30. The number of aliphatic imine (C=N–C) groups is 1. The van der Waals surface area contributed by atoms with E-state index < -0.39 is 0 Å². The van der Waals surface area contributed by atoms with Crippen LogP contribution in [0, 0.1) is 0 Å². The Labute approximate surface area is 126 Å². The third kappa shape index (κ3) is 8.32. The van der Waals surface area contributed by atoms with E-state index in [-0.39, 0.29) is 12.6 Å².